The molecular weight excluding hydrogens is 224 g/mol. The fourth-order valence-electron chi connectivity index (χ4n) is 1.77. The van der Waals surface area contributed by atoms with Crippen molar-refractivity contribution in [1.82, 2.24) is 5.32 Å². The van der Waals surface area contributed by atoms with E-state index in [1.807, 2.05) is 49.5 Å². The van der Waals surface area contributed by atoms with Gasteiger partial charge in [0.15, 0.2) is 0 Å². The standard InChI is InChI=1S/C15H16N2O/c1-16-11-13-9-5-6-10-14(13)17-15(18)12-7-3-2-4-8-12/h2-10,16H,11H2,1H3,(H,17,18). The fraction of sp³-hybridized carbons (Fsp3) is 0.133. The lowest BCUT2D eigenvalue weighted by molar-refractivity contribution is 0.102. The Bertz CT molecular complexity index is 523. The van der Waals surface area contributed by atoms with Gasteiger partial charge in [0.25, 0.3) is 5.91 Å². The summed E-state index contributed by atoms with van der Waals surface area (Å²) in [6.45, 7) is 0.727. The van der Waals surface area contributed by atoms with Gasteiger partial charge in [0.1, 0.15) is 0 Å². The molecular formula is C15H16N2O. The Morgan fingerprint density at radius 2 is 1.67 bits per heavy atom. The largest absolute Gasteiger partial charge is 0.322 e. The van der Waals surface area contributed by atoms with Crippen LogP contribution >= 0.6 is 0 Å². The maximum atomic E-state index is 12.0. The molecule has 0 radical (unpaired) electrons. The molecule has 92 valence electrons. The van der Waals surface area contributed by atoms with Crippen LogP contribution in [0.2, 0.25) is 0 Å². The SMILES string of the molecule is CNCc1ccccc1NC(=O)c1ccccc1. The van der Waals surface area contributed by atoms with Gasteiger partial charge >= 0.3 is 0 Å². The van der Waals surface area contributed by atoms with E-state index in [0.717, 1.165) is 17.8 Å². The van der Waals surface area contributed by atoms with Crippen molar-refractivity contribution in [3.63, 3.8) is 0 Å². The molecule has 0 aliphatic rings. The summed E-state index contributed by atoms with van der Waals surface area (Å²) in [6.07, 6.45) is 0. The van der Waals surface area contributed by atoms with Crippen molar-refractivity contribution < 1.29 is 4.79 Å². The summed E-state index contributed by atoms with van der Waals surface area (Å²) in [7, 11) is 1.88. The van der Waals surface area contributed by atoms with Crippen molar-refractivity contribution in [2.75, 3.05) is 12.4 Å². The second kappa shape index (κ2) is 5.98. The Kier molecular flexibility index (Phi) is 4.10. The molecule has 1 amide bonds. The van der Waals surface area contributed by atoms with Crippen LogP contribution in [0.3, 0.4) is 0 Å². The lowest BCUT2D eigenvalue weighted by Gasteiger charge is -2.10. The van der Waals surface area contributed by atoms with E-state index in [2.05, 4.69) is 10.6 Å². The van der Waals surface area contributed by atoms with Crippen LogP contribution in [0.5, 0.6) is 0 Å². The van der Waals surface area contributed by atoms with Crippen molar-refractivity contribution in [1.29, 1.82) is 0 Å². The highest BCUT2D eigenvalue weighted by molar-refractivity contribution is 6.04. The van der Waals surface area contributed by atoms with Crippen molar-refractivity contribution in [3.05, 3.63) is 65.7 Å². The number of hydrogen-bond acceptors (Lipinski definition) is 2. The molecule has 0 bridgehead atoms. The first kappa shape index (κ1) is 12.3. The maximum Gasteiger partial charge on any atom is 0.255 e. The van der Waals surface area contributed by atoms with Crippen LogP contribution in [-0.2, 0) is 6.54 Å². The van der Waals surface area contributed by atoms with E-state index in [9.17, 15) is 4.79 Å². The molecule has 3 heteroatoms. The van der Waals surface area contributed by atoms with Crippen LogP contribution in [0.4, 0.5) is 5.69 Å². The van der Waals surface area contributed by atoms with Gasteiger partial charge in [0.05, 0.1) is 0 Å². The molecule has 0 spiro atoms. The number of hydrogen-bond donors (Lipinski definition) is 2. The monoisotopic (exact) mass is 240 g/mol. The Balaban J connectivity index is 2.17. The molecule has 2 N–H and O–H groups in total. The van der Waals surface area contributed by atoms with E-state index in [-0.39, 0.29) is 5.91 Å². The predicted molar refractivity (Wildman–Crippen MR) is 73.6 cm³/mol. The summed E-state index contributed by atoms with van der Waals surface area (Å²) >= 11 is 0. The first-order chi connectivity index (χ1) is 8.81. The molecule has 2 rings (SSSR count). The molecule has 0 saturated heterocycles. The van der Waals surface area contributed by atoms with Crippen molar-refractivity contribution in [3.8, 4) is 0 Å². The predicted octanol–water partition coefficient (Wildman–Crippen LogP) is 2.66. The van der Waals surface area contributed by atoms with E-state index < -0.39 is 0 Å². The number of benzene rings is 2. The van der Waals surface area contributed by atoms with Crippen LogP contribution in [-0.4, -0.2) is 13.0 Å². The van der Waals surface area contributed by atoms with Gasteiger partial charge in [0, 0.05) is 17.8 Å². The topological polar surface area (TPSA) is 41.1 Å². The molecule has 18 heavy (non-hydrogen) atoms. The number of para-hydroxylation sites is 1. The summed E-state index contributed by atoms with van der Waals surface area (Å²) < 4.78 is 0. The number of carbonyl (C=O) groups excluding carboxylic acids is 1. The minimum Gasteiger partial charge on any atom is -0.322 e. The van der Waals surface area contributed by atoms with E-state index >= 15 is 0 Å². The van der Waals surface area contributed by atoms with E-state index in [1.54, 1.807) is 12.1 Å². The molecule has 0 saturated carbocycles. The molecule has 0 aromatic heterocycles. The highest BCUT2D eigenvalue weighted by Crippen LogP contribution is 2.15. The third-order valence-corrected chi connectivity index (χ3v) is 2.67. The van der Waals surface area contributed by atoms with Crippen molar-refractivity contribution >= 4 is 11.6 Å². The van der Waals surface area contributed by atoms with Crippen molar-refractivity contribution in [2.24, 2.45) is 0 Å². The number of nitrogens with one attached hydrogen (secondary N) is 2. The molecule has 2 aromatic rings. The average molecular weight is 240 g/mol. The fourth-order valence-corrected chi connectivity index (χ4v) is 1.77. The van der Waals surface area contributed by atoms with Crippen LogP contribution in [0.15, 0.2) is 54.6 Å². The number of anilines is 1. The van der Waals surface area contributed by atoms with Crippen LogP contribution in [0.1, 0.15) is 15.9 Å². The minimum atomic E-state index is -0.0841. The summed E-state index contributed by atoms with van der Waals surface area (Å²) in [5.41, 5.74) is 2.58. The number of amides is 1. The Morgan fingerprint density at radius 3 is 2.39 bits per heavy atom. The molecule has 0 aliphatic carbocycles. The third-order valence-electron chi connectivity index (χ3n) is 2.67. The smallest absolute Gasteiger partial charge is 0.255 e. The highest BCUT2D eigenvalue weighted by Gasteiger charge is 2.07. The van der Waals surface area contributed by atoms with E-state index in [0.29, 0.717) is 5.56 Å². The first-order valence-electron chi connectivity index (χ1n) is 5.90. The Hall–Kier alpha value is -2.13. The van der Waals surface area contributed by atoms with Gasteiger partial charge in [-0.3, -0.25) is 4.79 Å². The zero-order valence-electron chi connectivity index (χ0n) is 10.3. The second-order valence-electron chi connectivity index (χ2n) is 4.01. The summed E-state index contributed by atoms with van der Waals surface area (Å²) in [5.74, 6) is -0.0841. The molecule has 0 unspecified atom stereocenters. The van der Waals surface area contributed by atoms with E-state index in [1.165, 1.54) is 0 Å². The zero-order chi connectivity index (χ0) is 12.8. The average Bonchev–Trinajstić information content (AvgIpc) is 2.42. The summed E-state index contributed by atoms with van der Waals surface area (Å²) in [4.78, 5) is 12.0. The highest BCUT2D eigenvalue weighted by atomic mass is 16.1. The summed E-state index contributed by atoms with van der Waals surface area (Å²) in [5, 5.41) is 6.02. The van der Waals surface area contributed by atoms with Gasteiger partial charge in [0.2, 0.25) is 0 Å². The molecule has 0 aliphatic heterocycles. The third kappa shape index (κ3) is 2.96. The molecule has 0 fully saturated rings. The molecule has 2 aromatic carbocycles. The van der Waals surface area contributed by atoms with Gasteiger partial charge in [-0.2, -0.15) is 0 Å². The quantitative estimate of drug-likeness (QED) is 0.862. The van der Waals surface area contributed by atoms with Crippen LogP contribution in [0.25, 0.3) is 0 Å². The van der Waals surface area contributed by atoms with Gasteiger partial charge in [-0.05, 0) is 30.8 Å². The second-order valence-corrected chi connectivity index (χ2v) is 4.01. The molecule has 0 heterocycles. The maximum absolute atomic E-state index is 12.0. The van der Waals surface area contributed by atoms with Gasteiger partial charge in [-0.25, -0.2) is 0 Å². The Labute approximate surface area is 107 Å². The molecule has 0 atom stereocenters. The van der Waals surface area contributed by atoms with Gasteiger partial charge < -0.3 is 10.6 Å². The van der Waals surface area contributed by atoms with Crippen LogP contribution < -0.4 is 10.6 Å². The van der Waals surface area contributed by atoms with Gasteiger partial charge in [-0.15, -0.1) is 0 Å². The molecule has 3 nitrogen and oxygen atoms in total. The number of rotatable bonds is 4. The lowest BCUT2D eigenvalue weighted by atomic mass is 10.1. The van der Waals surface area contributed by atoms with Crippen LogP contribution in [0, 0.1) is 0 Å². The Morgan fingerprint density at radius 1 is 1.00 bits per heavy atom. The van der Waals surface area contributed by atoms with Crippen molar-refractivity contribution in [2.45, 2.75) is 6.54 Å². The van der Waals surface area contributed by atoms with E-state index in [4.69, 9.17) is 0 Å². The summed E-state index contributed by atoms with van der Waals surface area (Å²) in [6, 6.07) is 17.0. The minimum absolute atomic E-state index is 0.0841. The normalized spacial score (nSPS) is 10.1. The van der Waals surface area contributed by atoms with Gasteiger partial charge in [-0.1, -0.05) is 36.4 Å². The number of carbonyl (C=O) groups is 1. The zero-order valence-corrected chi connectivity index (χ0v) is 10.3. The first-order valence-corrected chi connectivity index (χ1v) is 5.90. The lowest BCUT2D eigenvalue weighted by Crippen LogP contribution is -2.15.